The van der Waals surface area contributed by atoms with Crippen molar-refractivity contribution in [2.75, 3.05) is 27.2 Å². The molecule has 1 aliphatic rings. The number of amides is 1. The van der Waals surface area contributed by atoms with E-state index in [1.54, 1.807) is 14.2 Å². The molecule has 1 saturated heterocycles. The molecule has 1 amide bonds. The van der Waals surface area contributed by atoms with Gasteiger partial charge in [0, 0.05) is 24.6 Å². The number of halogens is 1. The van der Waals surface area contributed by atoms with E-state index in [-0.39, 0.29) is 11.3 Å². The normalized spacial score (nSPS) is 22.8. The number of carbonyl (C=O) groups is 1. The van der Waals surface area contributed by atoms with Crippen LogP contribution in [-0.4, -0.2) is 38.1 Å². The summed E-state index contributed by atoms with van der Waals surface area (Å²) in [6.07, 6.45) is 0.897. The van der Waals surface area contributed by atoms with Gasteiger partial charge in [-0.25, -0.2) is 0 Å². The average molecular weight is 341 g/mol. The van der Waals surface area contributed by atoms with Crippen LogP contribution in [0.1, 0.15) is 18.9 Å². The van der Waals surface area contributed by atoms with E-state index < -0.39 is 0 Å². The van der Waals surface area contributed by atoms with Crippen LogP contribution in [0.4, 0.5) is 0 Å². The van der Waals surface area contributed by atoms with Gasteiger partial charge in [-0.15, -0.1) is 0 Å². The van der Waals surface area contributed by atoms with Crippen molar-refractivity contribution in [1.82, 2.24) is 10.2 Å². The standard InChI is InChI=1S/C15H21BrN2O2/c1-15(14(19)17-2)6-7-18(10-15)9-11-8-12(20-3)4-5-13(11)16/h4-5,8H,6-7,9-10H2,1-3H3,(H,17,19). The third-order valence-corrected chi connectivity index (χ3v) is 4.75. The highest BCUT2D eigenvalue weighted by Gasteiger charge is 2.39. The van der Waals surface area contributed by atoms with E-state index in [0.29, 0.717) is 0 Å². The molecular formula is C15H21BrN2O2. The molecule has 20 heavy (non-hydrogen) atoms. The molecule has 1 aromatic carbocycles. The number of likely N-dealkylation sites (tertiary alicyclic amines) is 1. The van der Waals surface area contributed by atoms with Crippen LogP contribution < -0.4 is 10.1 Å². The number of hydrogen-bond donors (Lipinski definition) is 1. The molecule has 1 aromatic rings. The van der Waals surface area contributed by atoms with Crippen LogP contribution in [0.15, 0.2) is 22.7 Å². The molecule has 0 aromatic heterocycles. The fraction of sp³-hybridized carbons (Fsp3) is 0.533. The Bertz CT molecular complexity index is 507. The van der Waals surface area contributed by atoms with E-state index in [4.69, 9.17) is 4.74 Å². The summed E-state index contributed by atoms with van der Waals surface area (Å²) in [5.74, 6) is 0.987. The van der Waals surface area contributed by atoms with Gasteiger partial charge >= 0.3 is 0 Å². The number of nitrogens with zero attached hydrogens (tertiary/aromatic N) is 1. The molecule has 0 saturated carbocycles. The minimum absolute atomic E-state index is 0.129. The number of rotatable bonds is 4. The first kappa shape index (κ1) is 15.3. The summed E-state index contributed by atoms with van der Waals surface area (Å²) >= 11 is 3.58. The second-order valence-corrected chi connectivity index (χ2v) is 6.41. The fourth-order valence-corrected chi connectivity index (χ4v) is 3.09. The van der Waals surface area contributed by atoms with Gasteiger partial charge in [0.25, 0.3) is 0 Å². The van der Waals surface area contributed by atoms with Crippen molar-refractivity contribution >= 4 is 21.8 Å². The Hall–Kier alpha value is -1.07. The molecule has 0 bridgehead atoms. The zero-order valence-corrected chi connectivity index (χ0v) is 13.8. The zero-order valence-electron chi connectivity index (χ0n) is 12.2. The lowest BCUT2D eigenvalue weighted by molar-refractivity contribution is -0.129. The summed E-state index contributed by atoms with van der Waals surface area (Å²) in [4.78, 5) is 14.2. The molecule has 1 fully saturated rings. The van der Waals surface area contributed by atoms with Gasteiger partial charge in [-0.2, -0.15) is 0 Å². The number of benzene rings is 1. The summed E-state index contributed by atoms with van der Waals surface area (Å²) in [7, 11) is 3.38. The average Bonchev–Trinajstić information content (AvgIpc) is 2.83. The van der Waals surface area contributed by atoms with Crippen LogP contribution in [0.2, 0.25) is 0 Å². The molecule has 0 aliphatic carbocycles. The van der Waals surface area contributed by atoms with E-state index in [1.165, 1.54) is 5.56 Å². The van der Waals surface area contributed by atoms with Crippen LogP contribution in [0.3, 0.4) is 0 Å². The Morgan fingerprint density at radius 3 is 2.95 bits per heavy atom. The molecule has 0 radical (unpaired) electrons. The molecule has 1 aliphatic heterocycles. The van der Waals surface area contributed by atoms with Gasteiger partial charge in [0.15, 0.2) is 0 Å². The lowest BCUT2D eigenvalue weighted by atomic mass is 9.89. The molecule has 1 N–H and O–H groups in total. The van der Waals surface area contributed by atoms with E-state index in [0.717, 1.165) is 36.3 Å². The number of methoxy groups -OCH3 is 1. The Kier molecular flexibility index (Phi) is 4.70. The van der Waals surface area contributed by atoms with Crippen molar-refractivity contribution in [2.24, 2.45) is 5.41 Å². The summed E-state index contributed by atoms with van der Waals surface area (Å²) in [5, 5.41) is 2.77. The maximum absolute atomic E-state index is 11.9. The second-order valence-electron chi connectivity index (χ2n) is 5.56. The SMILES string of the molecule is CNC(=O)C1(C)CCN(Cc2cc(OC)ccc2Br)C1. The molecule has 2 rings (SSSR count). The van der Waals surface area contributed by atoms with E-state index in [2.05, 4.69) is 26.1 Å². The van der Waals surface area contributed by atoms with Crippen LogP contribution in [-0.2, 0) is 11.3 Å². The predicted octanol–water partition coefficient (Wildman–Crippen LogP) is 2.42. The Morgan fingerprint density at radius 2 is 2.30 bits per heavy atom. The zero-order chi connectivity index (χ0) is 14.8. The topological polar surface area (TPSA) is 41.6 Å². The molecule has 0 spiro atoms. The molecule has 1 heterocycles. The number of nitrogens with one attached hydrogen (secondary N) is 1. The van der Waals surface area contributed by atoms with Crippen molar-refractivity contribution in [2.45, 2.75) is 19.9 Å². The predicted molar refractivity (Wildman–Crippen MR) is 82.8 cm³/mol. The minimum atomic E-state index is -0.278. The first-order valence-corrected chi connectivity index (χ1v) is 7.55. The van der Waals surface area contributed by atoms with Gasteiger partial charge in [-0.3, -0.25) is 9.69 Å². The van der Waals surface area contributed by atoms with Gasteiger partial charge in [0.1, 0.15) is 5.75 Å². The fourth-order valence-electron chi connectivity index (χ4n) is 2.72. The minimum Gasteiger partial charge on any atom is -0.497 e. The van der Waals surface area contributed by atoms with Crippen LogP contribution in [0, 0.1) is 5.41 Å². The van der Waals surface area contributed by atoms with Gasteiger partial charge in [-0.05, 0) is 43.7 Å². The van der Waals surface area contributed by atoms with Crippen molar-refractivity contribution in [1.29, 1.82) is 0 Å². The first-order valence-electron chi connectivity index (χ1n) is 6.75. The van der Waals surface area contributed by atoms with E-state index in [9.17, 15) is 4.79 Å². The summed E-state index contributed by atoms with van der Waals surface area (Å²) < 4.78 is 6.34. The Morgan fingerprint density at radius 1 is 1.55 bits per heavy atom. The molecular weight excluding hydrogens is 320 g/mol. The molecule has 5 heteroatoms. The van der Waals surface area contributed by atoms with Crippen molar-refractivity contribution in [3.63, 3.8) is 0 Å². The van der Waals surface area contributed by atoms with Gasteiger partial charge in [-0.1, -0.05) is 15.9 Å². The highest BCUT2D eigenvalue weighted by molar-refractivity contribution is 9.10. The Labute approximate surface area is 128 Å². The third-order valence-electron chi connectivity index (χ3n) is 3.97. The van der Waals surface area contributed by atoms with Crippen molar-refractivity contribution in [3.05, 3.63) is 28.2 Å². The molecule has 4 nitrogen and oxygen atoms in total. The maximum Gasteiger partial charge on any atom is 0.227 e. The summed E-state index contributed by atoms with van der Waals surface area (Å²) in [5.41, 5.74) is 0.908. The third kappa shape index (κ3) is 3.15. The molecule has 110 valence electrons. The molecule has 1 unspecified atom stereocenters. The van der Waals surface area contributed by atoms with Crippen LogP contribution in [0.25, 0.3) is 0 Å². The highest BCUT2D eigenvalue weighted by atomic mass is 79.9. The maximum atomic E-state index is 11.9. The van der Waals surface area contributed by atoms with E-state index >= 15 is 0 Å². The van der Waals surface area contributed by atoms with Gasteiger partial charge in [0.05, 0.1) is 12.5 Å². The van der Waals surface area contributed by atoms with Crippen LogP contribution >= 0.6 is 15.9 Å². The monoisotopic (exact) mass is 340 g/mol. The van der Waals surface area contributed by atoms with Crippen LogP contribution in [0.5, 0.6) is 5.75 Å². The van der Waals surface area contributed by atoms with Crippen molar-refractivity contribution < 1.29 is 9.53 Å². The molecule has 1 atom stereocenters. The summed E-state index contributed by atoms with van der Waals surface area (Å²) in [6.45, 7) is 4.58. The number of carbonyl (C=O) groups excluding carboxylic acids is 1. The van der Waals surface area contributed by atoms with Gasteiger partial charge < -0.3 is 10.1 Å². The first-order chi connectivity index (χ1) is 9.48. The van der Waals surface area contributed by atoms with Crippen molar-refractivity contribution in [3.8, 4) is 5.75 Å². The van der Waals surface area contributed by atoms with Gasteiger partial charge in [0.2, 0.25) is 5.91 Å². The number of ether oxygens (including phenoxy) is 1. The summed E-state index contributed by atoms with van der Waals surface area (Å²) in [6, 6.07) is 5.98. The lowest BCUT2D eigenvalue weighted by Crippen LogP contribution is -2.39. The largest absolute Gasteiger partial charge is 0.497 e. The smallest absolute Gasteiger partial charge is 0.227 e. The Balaban J connectivity index is 2.07. The van der Waals surface area contributed by atoms with E-state index in [1.807, 2.05) is 25.1 Å². The number of hydrogen-bond acceptors (Lipinski definition) is 3. The quantitative estimate of drug-likeness (QED) is 0.915. The second kappa shape index (κ2) is 6.14. The lowest BCUT2D eigenvalue weighted by Gasteiger charge is -2.23. The highest BCUT2D eigenvalue weighted by Crippen LogP contribution is 2.32.